The molecule has 17 heavy (non-hydrogen) atoms. The molecule has 0 saturated carbocycles. The molecule has 0 spiro atoms. The van der Waals surface area contributed by atoms with E-state index in [4.69, 9.17) is 5.26 Å². The molecule has 0 radical (unpaired) electrons. The summed E-state index contributed by atoms with van der Waals surface area (Å²) >= 11 is 0. The van der Waals surface area contributed by atoms with Crippen LogP contribution in [0.2, 0.25) is 0 Å². The van der Waals surface area contributed by atoms with Gasteiger partial charge < -0.3 is 4.89 Å². The van der Waals surface area contributed by atoms with Crippen LogP contribution in [0.1, 0.15) is 76.0 Å². The van der Waals surface area contributed by atoms with Crippen LogP contribution in [0.3, 0.4) is 0 Å². The molecule has 0 aromatic heterocycles. The van der Waals surface area contributed by atoms with Gasteiger partial charge in [-0.3, -0.25) is 0 Å². The van der Waals surface area contributed by atoms with E-state index in [1.54, 1.807) is 0 Å². The van der Waals surface area contributed by atoms with Crippen LogP contribution in [0.25, 0.3) is 0 Å². The lowest BCUT2D eigenvalue weighted by Gasteiger charge is -2.20. The third-order valence-corrected chi connectivity index (χ3v) is 3.17. The minimum atomic E-state index is 0.341. The summed E-state index contributed by atoms with van der Waals surface area (Å²) in [6, 6.07) is 4.29. The van der Waals surface area contributed by atoms with E-state index >= 15 is 0 Å². The van der Waals surface area contributed by atoms with Crippen molar-refractivity contribution >= 4 is 0 Å². The lowest BCUT2D eigenvalue weighted by molar-refractivity contribution is -0.139. The lowest BCUT2D eigenvalue weighted by Crippen LogP contribution is -2.04. The maximum absolute atomic E-state index is 9.13. The van der Waals surface area contributed by atoms with Crippen LogP contribution >= 0.6 is 0 Å². The van der Waals surface area contributed by atoms with Gasteiger partial charge in [-0.2, -0.15) is 0 Å². The quantitative estimate of drug-likeness (QED) is 0.594. The summed E-state index contributed by atoms with van der Waals surface area (Å²) in [5, 5.41) is 9.13. The van der Waals surface area contributed by atoms with Crippen LogP contribution in [0.4, 0.5) is 0 Å². The molecule has 2 nitrogen and oxygen atoms in total. The molecule has 1 aromatic carbocycles. The molecule has 0 bridgehead atoms. The molecule has 1 aromatic rings. The zero-order valence-corrected chi connectivity index (χ0v) is 11.7. The Morgan fingerprint density at radius 1 is 0.824 bits per heavy atom. The minimum absolute atomic E-state index is 0.341. The highest BCUT2D eigenvalue weighted by Crippen LogP contribution is 2.37. The van der Waals surface area contributed by atoms with Crippen molar-refractivity contribution < 1.29 is 10.1 Å². The van der Waals surface area contributed by atoms with Crippen LogP contribution in [-0.2, 0) is 0 Å². The van der Waals surface area contributed by atoms with E-state index in [0.717, 1.165) is 11.1 Å². The zero-order chi connectivity index (χ0) is 13.2. The van der Waals surface area contributed by atoms with Gasteiger partial charge in [0.1, 0.15) is 0 Å². The molecule has 0 unspecified atom stereocenters. The Hall–Kier alpha value is -1.02. The smallest absolute Gasteiger partial charge is 0.172 e. The van der Waals surface area contributed by atoms with Gasteiger partial charge in [0.2, 0.25) is 0 Å². The van der Waals surface area contributed by atoms with Gasteiger partial charge in [-0.15, -0.1) is 0 Å². The van der Waals surface area contributed by atoms with Crippen LogP contribution < -0.4 is 4.89 Å². The Balaban J connectivity index is 3.46. The van der Waals surface area contributed by atoms with Gasteiger partial charge in [0.05, 0.1) is 0 Å². The molecular formula is C15H24O2. The maximum Gasteiger partial charge on any atom is 0.172 e. The summed E-state index contributed by atoms with van der Waals surface area (Å²) < 4.78 is 0. The molecule has 0 fully saturated rings. The fraction of sp³-hybridized carbons (Fsp3) is 0.600. The molecule has 0 aliphatic carbocycles. The van der Waals surface area contributed by atoms with Gasteiger partial charge in [0.25, 0.3) is 0 Å². The van der Waals surface area contributed by atoms with Crippen molar-refractivity contribution in [1.29, 1.82) is 0 Å². The van der Waals surface area contributed by atoms with Crippen molar-refractivity contribution in [3.63, 3.8) is 0 Å². The second-order valence-corrected chi connectivity index (χ2v) is 5.58. The Bertz CT molecular complexity index is 350. The molecule has 0 amide bonds. The molecule has 96 valence electrons. The molecule has 1 rings (SSSR count). The topological polar surface area (TPSA) is 29.5 Å². The Labute approximate surface area is 105 Å². The Morgan fingerprint density at radius 2 is 1.24 bits per heavy atom. The van der Waals surface area contributed by atoms with Gasteiger partial charge in [0.15, 0.2) is 5.75 Å². The highest BCUT2D eigenvalue weighted by atomic mass is 17.1. The van der Waals surface area contributed by atoms with Crippen LogP contribution in [0.15, 0.2) is 12.1 Å². The fourth-order valence-corrected chi connectivity index (χ4v) is 1.99. The van der Waals surface area contributed by atoms with Crippen molar-refractivity contribution in [2.45, 2.75) is 59.3 Å². The first-order valence-corrected chi connectivity index (χ1v) is 6.37. The molecule has 0 saturated heterocycles. The lowest BCUT2D eigenvalue weighted by atomic mass is 9.88. The summed E-state index contributed by atoms with van der Waals surface area (Å²) in [6.07, 6.45) is 0. The van der Waals surface area contributed by atoms with Crippen molar-refractivity contribution in [3.8, 4) is 5.75 Å². The van der Waals surface area contributed by atoms with E-state index in [-0.39, 0.29) is 0 Å². The number of hydrogen-bond acceptors (Lipinski definition) is 2. The predicted octanol–water partition coefficient (Wildman–Crippen LogP) is 4.91. The number of rotatable bonds is 4. The van der Waals surface area contributed by atoms with E-state index in [9.17, 15) is 0 Å². The molecule has 0 atom stereocenters. The number of benzene rings is 1. The first-order valence-electron chi connectivity index (χ1n) is 6.37. The summed E-state index contributed by atoms with van der Waals surface area (Å²) in [6.45, 7) is 12.8. The van der Waals surface area contributed by atoms with Crippen molar-refractivity contribution in [2.75, 3.05) is 0 Å². The van der Waals surface area contributed by atoms with E-state index < -0.39 is 0 Å². The normalized spacial score (nSPS) is 11.6. The van der Waals surface area contributed by atoms with Crippen molar-refractivity contribution in [2.24, 2.45) is 0 Å². The van der Waals surface area contributed by atoms with Gasteiger partial charge in [0, 0.05) is 11.1 Å². The summed E-state index contributed by atoms with van der Waals surface area (Å²) in [7, 11) is 0. The number of hydrogen-bond donors (Lipinski definition) is 1. The van der Waals surface area contributed by atoms with Crippen LogP contribution in [0.5, 0.6) is 5.75 Å². The highest BCUT2D eigenvalue weighted by molar-refractivity contribution is 5.48. The summed E-state index contributed by atoms with van der Waals surface area (Å²) in [5.74, 6) is 1.80. The SMILES string of the molecule is CC(C)c1cc(C(C)C)c(OO)c(C(C)C)c1. The molecular weight excluding hydrogens is 212 g/mol. The third kappa shape index (κ3) is 3.01. The zero-order valence-electron chi connectivity index (χ0n) is 11.7. The molecule has 0 heterocycles. The van der Waals surface area contributed by atoms with Crippen LogP contribution in [0, 0.1) is 0 Å². The molecule has 2 heteroatoms. The maximum atomic E-state index is 9.13. The third-order valence-electron chi connectivity index (χ3n) is 3.17. The highest BCUT2D eigenvalue weighted by Gasteiger charge is 2.18. The minimum Gasteiger partial charge on any atom is -0.340 e. The predicted molar refractivity (Wildman–Crippen MR) is 72.0 cm³/mol. The van der Waals surface area contributed by atoms with Gasteiger partial charge in [-0.05, 0) is 23.3 Å². The van der Waals surface area contributed by atoms with E-state index in [0.29, 0.717) is 23.5 Å². The monoisotopic (exact) mass is 236 g/mol. The van der Waals surface area contributed by atoms with Gasteiger partial charge in [-0.25, -0.2) is 5.26 Å². The van der Waals surface area contributed by atoms with Crippen molar-refractivity contribution in [1.82, 2.24) is 0 Å². The average Bonchev–Trinajstić information content (AvgIpc) is 2.26. The summed E-state index contributed by atoms with van der Waals surface area (Å²) in [5.41, 5.74) is 3.48. The standard InChI is InChI=1S/C15H24O2/c1-9(2)12-7-13(10(3)4)15(17-16)14(8-12)11(5)6/h7-11,16H,1-6H3. The van der Waals surface area contributed by atoms with E-state index in [1.165, 1.54) is 5.56 Å². The first-order chi connectivity index (χ1) is 7.88. The Morgan fingerprint density at radius 3 is 1.47 bits per heavy atom. The molecule has 0 aliphatic rings. The summed E-state index contributed by atoms with van der Waals surface area (Å²) in [4.78, 5) is 4.63. The van der Waals surface area contributed by atoms with E-state index in [1.807, 2.05) is 0 Å². The second kappa shape index (κ2) is 5.54. The first kappa shape index (κ1) is 14.0. The molecule has 1 N–H and O–H groups in total. The van der Waals surface area contributed by atoms with Crippen LogP contribution in [-0.4, -0.2) is 5.26 Å². The largest absolute Gasteiger partial charge is 0.340 e. The van der Waals surface area contributed by atoms with E-state index in [2.05, 4.69) is 58.6 Å². The Kier molecular flexibility index (Phi) is 4.58. The average molecular weight is 236 g/mol. The molecule has 0 aliphatic heterocycles. The van der Waals surface area contributed by atoms with Crippen molar-refractivity contribution in [3.05, 3.63) is 28.8 Å². The fourth-order valence-electron chi connectivity index (χ4n) is 1.99. The van der Waals surface area contributed by atoms with Gasteiger partial charge >= 0.3 is 0 Å². The van der Waals surface area contributed by atoms with Gasteiger partial charge in [-0.1, -0.05) is 53.7 Å². The second-order valence-electron chi connectivity index (χ2n) is 5.58.